The van der Waals surface area contributed by atoms with Gasteiger partial charge in [0.1, 0.15) is 5.82 Å². The van der Waals surface area contributed by atoms with Crippen LogP contribution >= 0.6 is 0 Å². The molecule has 11 heteroatoms. The van der Waals surface area contributed by atoms with Crippen LogP contribution in [0.4, 0.5) is 0 Å². The summed E-state index contributed by atoms with van der Waals surface area (Å²) in [4.78, 5) is 32.1. The van der Waals surface area contributed by atoms with Gasteiger partial charge in [-0.05, 0) is 72.2 Å². The summed E-state index contributed by atoms with van der Waals surface area (Å²) in [5, 5.41) is 20.9. The summed E-state index contributed by atoms with van der Waals surface area (Å²) in [6.07, 6.45) is 5.58. The highest BCUT2D eigenvalue weighted by molar-refractivity contribution is 7.91. The van der Waals surface area contributed by atoms with Crippen molar-refractivity contribution < 1.29 is 18.3 Å². The Balaban J connectivity index is 1.64. The van der Waals surface area contributed by atoms with Crippen LogP contribution in [0.5, 0.6) is 5.88 Å². The number of carbonyl (C=O) groups excluding carboxylic acids is 1. The van der Waals surface area contributed by atoms with Gasteiger partial charge in [0.2, 0.25) is 15.7 Å². The van der Waals surface area contributed by atoms with Gasteiger partial charge in [-0.15, -0.1) is 0 Å². The van der Waals surface area contributed by atoms with E-state index in [1.807, 2.05) is 6.92 Å². The third-order valence-electron chi connectivity index (χ3n) is 7.23. The first-order valence-electron chi connectivity index (χ1n) is 13.1. The van der Waals surface area contributed by atoms with Gasteiger partial charge in [-0.3, -0.25) is 19.1 Å². The Kier molecular flexibility index (Phi) is 7.43. The number of hydrogen-bond acceptors (Lipinski definition) is 8. The number of rotatable bonds is 9. The molecule has 0 radical (unpaired) electrons. The molecule has 1 fully saturated rings. The topological polar surface area (TPSA) is 169 Å². The van der Waals surface area contributed by atoms with Crippen molar-refractivity contribution in [1.82, 2.24) is 14.5 Å². The lowest BCUT2D eigenvalue weighted by atomic mass is 10.0. The monoisotopic (exact) mass is 569 g/mol. The van der Waals surface area contributed by atoms with Crippen LogP contribution in [-0.4, -0.2) is 34.0 Å². The van der Waals surface area contributed by atoms with E-state index in [1.165, 1.54) is 41.2 Å². The number of primary amides is 1. The zero-order valence-corrected chi connectivity index (χ0v) is 23.0. The maximum atomic E-state index is 13.8. The molecule has 2 heterocycles. The second-order valence-electron chi connectivity index (χ2n) is 9.98. The largest absolute Gasteiger partial charge is 0.493 e. The molecule has 2 aromatic heterocycles. The van der Waals surface area contributed by atoms with Crippen molar-refractivity contribution in [2.24, 2.45) is 11.7 Å². The normalized spacial score (nSPS) is 13.9. The Bertz CT molecular complexity index is 1860. The molecule has 1 aliphatic carbocycles. The van der Waals surface area contributed by atoms with Crippen LogP contribution in [0.1, 0.15) is 59.5 Å². The van der Waals surface area contributed by atoms with Crippen LogP contribution < -0.4 is 11.3 Å². The van der Waals surface area contributed by atoms with Gasteiger partial charge in [0.25, 0.3) is 11.5 Å². The van der Waals surface area contributed by atoms with Gasteiger partial charge in [-0.25, -0.2) is 8.42 Å². The highest BCUT2D eigenvalue weighted by atomic mass is 32.2. The van der Waals surface area contributed by atoms with E-state index in [2.05, 4.69) is 16.0 Å². The molecule has 5 rings (SSSR count). The minimum absolute atomic E-state index is 0.171. The van der Waals surface area contributed by atoms with Crippen LogP contribution in [0.25, 0.3) is 11.1 Å². The summed E-state index contributed by atoms with van der Waals surface area (Å²) in [6, 6.07) is 15.5. The Labute approximate surface area is 236 Å². The molecule has 1 atom stereocenters. The minimum atomic E-state index is -4.52. The van der Waals surface area contributed by atoms with E-state index in [1.54, 1.807) is 30.3 Å². The molecule has 2 aromatic carbocycles. The Morgan fingerprint density at radius 2 is 1.93 bits per heavy atom. The summed E-state index contributed by atoms with van der Waals surface area (Å²) in [5.41, 5.74) is 6.67. The van der Waals surface area contributed by atoms with E-state index in [0.717, 1.165) is 12.8 Å². The molecule has 1 aliphatic rings. The molecule has 3 N–H and O–H groups in total. The van der Waals surface area contributed by atoms with E-state index in [9.17, 15) is 28.4 Å². The van der Waals surface area contributed by atoms with Gasteiger partial charge in [-0.1, -0.05) is 31.2 Å². The molecule has 0 spiro atoms. The van der Waals surface area contributed by atoms with Crippen molar-refractivity contribution in [3.8, 4) is 23.1 Å². The molecule has 0 unspecified atom stereocenters. The van der Waals surface area contributed by atoms with Crippen LogP contribution in [0.2, 0.25) is 0 Å². The predicted molar refractivity (Wildman–Crippen MR) is 150 cm³/mol. The zero-order valence-electron chi connectivity index (χ0n) is 22.2. The highest BCUT2D eigenvalue weighted by Crippen LogP contribution is 2.37. The van der Waals surface area contributed by atoms with Gasteiger partial charge in [-0.2, -0.15) is 10.2 Å². The first-order valence-corrected chi connectivity index (χ1v) is 14.6. The maximum Gasteiger partial charge on any atom is 0.296 e. The van der Waals surface area contributed by atoms with Crippen molar-refractivity contribution in [3.05, 3.63) is 99.9 Å². The SMILES string of the molecule is CC[C@@H](c1cccc(C#N)c1)n1c(CC2CC2)nc(=O)c(S(=O)(=O)c2ccc(-c3ccncc3C(N)=O)cc2)c1O. The third-order valence-corrected chi connectivity index (χ3v) is 9.02. The first-order chi connectivity index (χ1) is 19.6. The third kappa shape index (κ3) is 5.34. The Morgan fingerprint density at radius 3 is 2.56 bits per heavy atom. The summed E-state index contributed by atoms with van der Waals surface area (Å²) in [6.45, 7) is 1.87. The number of pyridine rings is 1. The quantitative estimate of drug-likeness (QED) is 0.307. The van der Waals surface area contributed by atoms with E-state index in [-0.39, 0.29) is 10.5 Å². The summed E-state index contributed by atoms with van der Waals surface area (Å²) < 4.78 is 29.0. The second kappa shape index (κ2) is 11.0. The van der Waals surface area contributed by atoms with Gasteiger partial charge in [0.05, 0.1) is 28.1 Å². The molecule has 0 saturated heterocycles. The summed E-state index contributed by atoms with van der Waals surface area (Å²) in [5.74, 6) is -0.776. The number of carbonyl (C=O) groups is 1. The smallest absolute Gasteiger partial charge is 0.296 e. The molecule has 1 amide bonds. The lowest BCUT2D eigenvalue weighted by Gasteiger charge is -2.25. The van der Waals surface area contributed by atoms with Crippen molar-refractivity contribution in [2.45, 2.75) is 48.4 Å². The number of hydrogen-bond donors (Lipinski definition) is 2. The van der Waals surface area contributed by atoms with Gasteiger partial charge >= 0.3 is 0 Å². The van der Waals surface area contributed by atoms with Crippen LogP contribution in [0.3, 0.4) is 0 Å². The van der Waals surface area contributed by atoms with E-state index < -0.39 is 38.1 Å². The van der Waals surface area contributed by atoms with E-state index in [0.29, 0.717) is 46.8 Å². The average molecular weight is 570 g/mol. The number of nitrogens with two attached hydrogens (primary N) is 1. The molecule has 0 aliphatic heterocycles. The first kappa shape index (κ1) is 27.7. The minimum Gasteiger partial charge on any atom is -0.493 e. The van der Waals surface area contributed by atoms with Crippen LogP contribution in [-0.2, 0) is 16.3 Å². The second-order valence-corrected chi connectivity index (χ2v) is 11.9. The fourth-order valence-electron chi connectivity index (χ4n) is 4.99. The zero-order chi connectivity index (χ0) is 29.3. The number of nitrogens with zero attached hydrogens (tertiary/aromatic N) is 4. The van der Waals surface area contributed by atoms with Crippen LogP contribution in [0.15, 0.2) is 81.6 Å². The molecule has 41 heavy (non-hydrogen) atoms. The highest BCUT2D eigenvalue weighted by Gasteiger charge is 2.34. The Hall–Kier alpha value is -4.82. The molecule has 4 aromatic rings. The standard InChI is InChI=1S/C30H27N5O5S/c1-2-25(21-5-3-4-19(14-21)16-31)35-26(15-18-6-7-18)34-29(37)27(30(35)38)41(39,40)22-10-8-20(9-11-22)23-12-13-33-17-24(23)28(32)36/h3-5,8-14,17-18,25,38H,2,6-7,15H2,1H3,(H2,32,36)/t25-/m0/s1. The fraction of sp³-hybridized carbons (Fsp3) is 0.233. The number of aromatic nitrogens is 3. The van der Waals surface area contributed by atoms with Crippen LogP contribution in [0, 0.1) is 17.2 Å². The number of sulfone groups is 1. The lowest BCUT2D eigenvalue weighted by Crippen LogP contribution is -2.27. The van der Waals surface area contributed by atoms with E-state index in [4.69, 9.17) is 5.73 Å². The number of nitriles is 1. The van der Waals surface area contributed by atoms with Gasteiger partial charge < -0.3 is 10.8 Å². The number of benzene rings is 2. The molecule has 1 saturated carbocycles. The molecular formula is C30H27N5O5S. The number of aromatic hydroxyl groups is 1. The maximum absolute atomic E-state index is 13.8. The average Bonchev–Trinajstić information content (AvgIpc) is 3.79. The van der Waals surface area contributed by atoms with E-state index >= 15 is 0 Å². The molecular weight excluding hydrogens is 542 g/mol. The van der Waals surface area contributed by atoms with Gasteiger partial charge in [0, 0.05) is 18.8 Å². The van der Waals surface area contributed by atoms with Crippen molar-refractivity contribution in [2.75, 3.05) is 0 Å². The van der Waals surface area contributed by atoms with Crippen molar-refractivity contribution >= 4 is 15.7 Å². The fourth-order valence-corrected chi connectivity index (χ4v) is 6.34. The molecule has 208 valence electrons. The summed E-state index contributed by atoms with van der Waals surface area (Å²) in [7, 11) is -4.52. The Morgan fingerprint density at radius 1 is 1.20 bits per heavy atom. The summed E-state index contributed by atoms with van der Waals surface area (Å²) >= 11 is 0. The number of amides is 1. The van der Waals surface area contributed by atoms with Gasteiger partial charge in [0.15, 0.2) is 4.90 Å². The predicted octanol–water partition coefficient (Wildman–Crippen LogP) is 3.77. The molecule has 10 nitrogen and oxygen atoms in total. The van der Waals surface area contributed by atoms with Crippen molar-refractivity contribution in [1.29, 1.82) is 5.26 Å². The molecule has 0 bridgehead atoms. The van der Waals surface area contributed by atoms with Crippen molar-refractivity contribution in [3.63, 3.8) is 0 Å². The lowest BCUT2D eigenvalue weighted by molar-refractivity contribution is 0.100.